The largest absolute Gasteiger partial charge is 0.504 e. The zero-order valence-electron chi connectivity index (χ0n) is 25.5. The molecule has 224 valence electrons. The number of hydrogen-bond donors (Lipinski definition) is 4. The van der Waals surface area contributed by atoms with Crippen LogP contribution < -0.4 is 16.0 Å². The predicted molar refractivity (Wildman–Crippen MR) is 172 cm³/mol. The summed E-state index contributed by atoms with van der Waals surface area (Å²) in [6.45, 7) is 11.8. The Morgan fingerprint density at radius 3 is 2.56 bits per heavy atom. The molecule has 0 atom stereocenters. The summed E-state index contributed by atoms with van der Waals surface area (Å²) in [4.78, 5) is 22.3. The van der Waals surface area contributed by atoms with E-state index in [0.29, 0.717) is 42.8 Å². The van der Waals surface area contributed by atoms with Gasteiger partial charge in [0.1, 0.15) is 11.2 Å². The zero-order chi connectivity index (χ0) is 30.7. The number of fused-ring (bicyclic) bond motifs is 4. The molecule has 5 rings (SSSR count). The Hall–Kier alpha value is -4.59. The lowest BCUT2D eigenvalue weighted by Crippen LogP contribution is -2.25. The second-order valence-corrected chi connectivity index (χ2v) is 12.0. The van der Waals surface area contributed by atoms with Crippen LogP contribution in [0.4, 0.5) is 5.69 Å². The minimum absolute atomic E-state index is 0.0681. The molecule has 0 unspecified atom stereocenters. The number of carbonyl (C=O) groups is 1. The van der Waals surface area contributed by atoms with Gasteiger partial charge in [0.25, 0.3) is 0 Å². The summed E-state index contributed by atoms with van der Waals surface area (Å²) in [6.07, 6.45) is 1.65. The third-order valence-corrected chi connectivity index (χ3v) is 7.63. The number of rotatable bonds is 9. The van der Waals surface area contributed by atoms with Crippen LogP contribution in [0.5, 0.6) is 11.5 Å². The van der Waals surface area contributed by atoms with E-state index in [0.717, 1.165) is 50.7 Å². The molecule has 2 aliphatic rings. The Kier molecular flexibility index (Phi) is 8.57. The van der Waals surface area contributed by atoms with E-state index in [9.17, 15) is 15.0 Å². The van der Waals surface area contributed by atoms with E-state index in [4.69, 9.17) is 14.4 Å². The van der Waals surface area contributed by atoms with Gasteiger partial charge in [-0.25, -0.2) is 4.98 Å². The molecule has 1 aliphatic carbocycles. The minimum Gasteiger partial charge on any atom is -0.504 e. The monoisotopic (exact) mass is 580 g/mol. The van der Waals surface area contributed by atoms with Gasteiger partial charge in [-0.2, -0.15) is 0 Å². The molecule has 0 spiro atoms. The van der Waals surface area contributed by atoms with Crippen molar-refractivity contribution in [2.24, 2.45) is 4.99 Å². The second kappa shape index (κ2) is 12.3. The molecule has 3 aromatic rings. The van der Waals surface area contributed by atoms with Crippen LogP contribution in [0.15, 0.2) is 64.0 Å². The number of hydrogen-bond acceptors (Lipinski definition) is 7. The van der Waals surface area contributed by atoms with Crippen molar-refractivity contribution >= 4 is 33.5 Å². The van der Waals surface area contributed by atoms with Crippen LogP contribution in [0.1, 0.15) is 57.2 Å². The van der Waals surface area contributed by atoms with E-state index in [1.54, 1.807) is 6.07 Å². The molecule has 0 fully saturated rings. The zero-order valence-corrected chi connectivity index (χ0v) is 25.5. The van der Waals surface area contributed by atoms with Crippen LogP contribution in [-0.4, -0.2) is 40.7 Å². The summed E-state index contributed by atoms with van der Waals surface area (Å²) in [5.41, 5.74) is 5.76. The molecule has 0 saturated heterocycles. The quantitative estimate of drug-likeness (QED) is 0.0677. The third-order valence-electron chi connectivity index (χ3n) is 7.63. The molecule has 8 heteroatoms. The maximum Gasteiger partial charge on any atom is 0.221 e. The molecule has 0 bridgehead atoms. The normalized spacial score (nSPS) is 12.3. The minimum atomic E-state index is -0.293. The van der Waals surface area contributed by atoms with E-state index in [2.05, 4.69) is 24.5 Å². The fourth-order valence-corrected chi connectivity index (χ4v) is 5.38. The SMILES string of the molecule is CCNc1cc2oc3cc(=NCCC(=O)NCCCc4cc(O)c(O)c(C(C)(C)C)c4)c4ccccc4c-3nc2cc1C. The van der Waals surface area contributed by atoms with Crippen LogP contribution in [0, 0.1) is 6.92 Å². The van der Waals surface area contributed by atoms with Crippen molar-refractivity contribution in [3.8, 4) is 23.0 Å². The average Bonchev–Trinajstić information content (AvgIpc) is 2.96. The van der Waals surface area contributed by atoms with Crippen molar-refractivity contribution < 1.29 is 19.4 Å². The first-order valence-corrected chi connectivity index (χ1v) is 14.9. The smallest absolute Gasteiger partial charge is 0.221 e. The number of nitrogens with zero attached hydrogens (tertiary/aromatic N) is 2. The van der Waals surface area contributed by atoms with Gasteiger partial charge in [0.2, 0.25) is 5.91 Å². The molecule has 3 aromatic carbocycles. The molecular formula is C35H40N4O4. The molecule has 8 nitrogen and oxygen atoms in total. The number of benzene rings is 4. The topological polar surface area (TPSA) is 120 Å². The first kappa shape index (κ1) is 29.9. The molecule has 0 radical (unpaired) electrons. The number of aromatic hydroxyl groups is 2. The standard InChI is InChI=1S/C35H40N4O4/c1-6-36-26-19-30-28(16-21(26)2)39-33-24-12-8-7-11-23(24)27(20-31(33)43-30)37-15-13-32(41)38-14-9-10-22-17-25(35(3,4)5)34(42)29(40)18-22/h7-8,11-12,16-20,36,40,42H,6,9-10,13-15H2,1-5H3,(H,38,41). The predicted octanol–water partition coefficient (Wildman–Crippen LogP) is 6.57. The van der Waals surface area contributed by atoms with Crippen molar-refractivity contribution in [1.82, 2.24) is 10.3 Å². The number of carbonyl (C=O) groups excluding carboxylic acids is 1. The number of anilines is 1. The summed E-state index contributed by atoms with van der Waals surface area (Å²) in [7, 11) is 0. The van der Waals surface area contributed by atoms with Gasteiger partial charge < -0.3 is 25.3 Å². The van der Waals surface area contributed by atoms with E-state index >= 15 is 0 Å². The number of nitrogens with one attached hydrogen (secondary N) is 2. The fraction of sp³-hybridized carbons (Fsp3) is 0.343. The molecule has 4 N–H and O–H groups in total. The lowest BCUT2D eigenvalue weighted by atomic mass is 9.84. The van der Waals surface area contributed by atoms with E-state index < -0.39 is 0 Å². The van der Waals surface area contributed by atoms with Crippen molar-refractivity contribution in [3.05, 3.63) is 76.6 Å². The van der Waals surface area contributed by atoms with Crippen LogP contribution in [-0.2, 0) is 16.6 Å². The van der Waals surface area contributed by atoms with Crippen LogP contribution in [0.2, 0.25) is 0 Å². The average molecular weight is 581 g/mol. The van der Waals surface area contributed by atoms with E-state index in [1.807, 2.05) is 69.3 Å². The summed E-state index contributed by atoms with van der Waals surface area (Å²) in [5, 5.41) is 29.4. The van der Waals surface area contributed by atoms with Crippen LogP contribution in [0.3, 0.4) is 0 Å². The highest BCUT2D eigenvalue weighted by Crippen LogP contribution is 2.38. The van der Waals surface area contributed by atoms with E-state index in [-0.39, 0.29) is 29.2 Å². The number of amides is 1. The Labute approximate surface area is 251 Å². The van der Waals surface area contributed by atoms with Crippen molar-refractivity contribution in [2.45, 2.75) is 59.3 Å². The first-order valence-electron chi connectivity index (χ1n) is 14.9. The summed E-state index contributed by atoms with van der Waals surface area (Å²) in [6, 6.07) is 17.5. The van der Waals surface area contributed by atoms with Crippen molar-refractivity contribution in [2.75, 3.05) is 25.0 Å². The van der Waals surface area contributed by atoms with Gasteiger partial charge in [-0.15, -0.1) is 0 Å². The molecule has 1 heterocycles. The summed E-state index contributed by atoms with van der Waals surface area (Å²) < 4.78 is 6.33. The highest BCUT2D eigenvalue weighted by molar-refractivity contribution is 5.96. The van der Waals surface area contributed by atoms with Crippen molar-refractivity contribution in [1.29, 1.82) is 0 Å². The van der Waals surface area contributed by atoms with Crippen molar-refractivity contribution in [3.63, 3.8) is 0 Å². The fourth-order valence-electron chi connectivity index (χ4n) is 5.38. The Morgan fingerprint density at radius 2 is 1.81 bits per heavy atom. The number of phenols is 2. The second-order valence-electron chi connectivity index (χ2n) is 12.0. The third kappa shape index (κ3) is 6.58. The van der Waals surface area contributed by atoms with Gasteiger partial charge in [-0.1, -0.05) is 51.1 Å². The maximum absolute atomic E-state index is 12.6. The van der Waals surface area contributed by atoms with Crippen LogP contribution in [0.25, 0.3) is 33.3 Å². The molecule has 0 aromatic heterocycles. The highest BCUT2D eigenvalue weighted by Gasteiger charge is 2.21. The maximum atomic E-state index is 12.6. The van der Waals surface area contributed by atoms with Crippen LogP contribution >= 0.6 is 0 Å². The van der Waals surface area contributed by atoms with Gasteiger partial charge >= 0.3 is 0 Å². The highest BCUT2D eigenvalue weighted by atomic mass is 16.3. The number of phenolic OH excluding ortho intramolecular Hbond substituents is 2. The molecular weight excluding hydrogens is 540 g/mol. The molecule has 43 heavy (non-hydrogen) atoms. The van der Waals surface area contributed by atoms with Gasteiger partial charge in [-0.05, 0) is 55.4 Å². The number of aromatic nitrogens is 1. The number of aryl methyl sites for hydroxylation is 2. The molecule has 1 amide bonds. The van der Waals surface area contributed by atoms with E-state index in [1.165, 1.54) is 0 Å². The van der Waals surface area contributed by atoms with Gasteiger partial charge in [0.15, 0.2) is 22.8 Å². The Balaban J connectivity index is 1.28. The van der Waals surface area contributed by atoms with Gasteiger partial charge in [0.05, 0.1) is 5.36 Å². The summed E-state index contributed by atoms with van der Waals surface area (Å²) in [5.74, 6) is 0.399. The first-order chi connectivity index (χ1) is 20.5. The Bertz CT molecular complexity index is 1830. The van der Waals surface area contributed by atoms with Gasteiger partial charge in [0, 0.05) is 60.2 Å². The molecule has 0 saturated carbocycles. The van der Waals surface area contributed by atoms with Gasteiger partial charge in [-0.3, -0.25) is 9.79 Å². The lowest BCUT2D eigenvalue weighted by Gasteiger charge is -2.22. The lowest BCUT2D eigenvalue weighted by molar-refractivity contribution is -0.120. The Morgan fingerprint density at radius 1 is 1.05 bits per heavy atom. The molecule has 1 aliphatic heterocycles. The summed E-state index contributed by atoms with van der Waals surface area (Å²) >= 11 is 0.